The summed E-state index contributed by atoms with van der Waals surface area (Å²) in [5, 5.41) is 6.31. The van der Waals surface area contributed by atoms with Gasteiger partial charge in [-0.15, -0.1) is 0 Å². The third-order valence-electron chi connectivity index (χ3n) is 7.20. The van der Waals surface area contributed by atoms with Crippen molar-refractivity contribution in [1.29, 1.82) is 0 Å². The summed E-state index contributed by atoms with van der Waals surface area (Å²) in [4.78, 5) is 23.3. The van der Waals surface area contributed by atoms with Crippen molar-refractivity contribution in [3.63, 3.8) is 0 Å². The molecule has 2 aromatic carbocycles. The van der Waals surface area contributed by atoms with Crippen molar-refractivity contribution in [3.05, 3.63) is 60.2 Å². The summed E-state index contributed by atoms with van der Waals surface area (Å²) in [5.41, 5.74) is 1.91. The maximum atomic E-state index is 14.0. The number of carbonyl (C=O) groups excluding carboxylic acids is 1. The highest BCUT2D eigenvalue weighted by molar-refractivity contribution is 7.92. The first-order chi connectivity index (χ1) is 18.6. The molecule has 2 N–H and O–H groups in total. The predicted octanol–water partition coefficient (Wildman–Crippen LogP) is 6.14. The molecule has 4 aromatic rings. The van der Waals surface area contributed by atoms with Crippen LogP contribution in [-0.2, 0) is 14.6 Å². The van der Waals surface area contributed by atoms with Crippen molar-refractivity contribution in [1.82, 2.24) is 9.97 Å². The Morgan fingerprint density at radius 2 is 1.95 bits per heavy atom. The molecule has 1 fully saturated rings. The Morgan fingerprint density at radius 1 is 1.15 bits per heavy atom. The van der Waals surface area contributed by atoms with Crippen LogP contribution in [-0.4, -0.2) is 37.3 Å². The monoisotopic (exact) mass is 570 g/mol. The lowest BCUT2D eigenvalue weighted by Crippen LogP contribution is -2.24. The molecule has 2 atom stereocenters. The van der Waals surface area contributed by atoms with Crippen LogP contribution in [0.15, 0.2) is 64.4 Å². The van der Waals surface area contributed by atoms with Crippen LogP contribution in [0, 0.1) is 5.92 Å². The summed E-state index contributed by atoms with van der Waals surface area (Å²) >= 11 is 1.18. The quantitative estimate of drug-likeness (QED) is 0.252. The van der Waals surface area contributed by atoms with Gasteiger partial charge in [0.15, 0.2) is 5.13 Å². The van der Waals surface area contributed by atoms with Gasteiger partial charge in [-0.05, 0) is 54.7 Å². The Kier molecular flexibility index (Phi) is 6.26. The van der Waals surface area contributed by atoms with E-state index in [1.807, 2.05) is 0 Å². The molecule has 2 aliphatic rings. The molecular formula is C27H24F2N4O4S2. The van der Waals surface area contributed by atoms with E-state index >= 15 is 0 Å². The lowest BCUT2D eigenvalue weighted by atomic mass is 9.87. The number of para-hydroxylation sites is 1. The number of thiazole rings is 1. The maximum Gasteiger partial charge on any atom is 0.248 e. The number of carbonyl (C=O) groups is 1. The lowest BCUT2D eigenvalue weighted by Gasteiger charge is -2.25. The molecule has 8 nitrogen and oxygen atoms in total. The van der Waals surface area contributed by atoms with E-state index in [-0.39, 0.29) is 35.0 Å². The average Bonchev–Trinajstić information content (AvgIpc) is 3.47. The fraction of sp³-hybridized carbons (Fsp3) is 0.296. The predicted molar refractivity (Wildman–Crippen MR) is 144 cm³/mol. The number of alkyl halides is 2. The van der Waals surface area contributed by atoms with E-state index in [1.54, 1.807) is 42.5 Å². The number of ether oxygens (including phenoxy) is 1. The molecule has 1 saturated carbocycles. The first kappa shape index (κ1) is 25.6. The van der Waals surface area contributed by atoms with Gasteiger partial charge in [0, 0.05) is 18.9 Å². The second kappa shape index (κ2) is 9.53. The van der Waals surface area contributed by atoms with E-state index in [9.17, 15) is 22.0 Å². The van der Waals surface area contributed by atoms with Gasteiger partial charge in [0.05, 0.1) is 34.2 Å². The number of sulfone groups is 1. The van der Waals surface area contributed by atoms with Gasteiger partial charge >= 0.3 is 0 Å². The Labute approximate surface area is 227 Å². The van der Waals surface area contributed by atoms with E-state index < -0.39 is 27.6 Å². The van der Waals surface area contributed by atoms with Crippen molar-refractivity contribution in [2.24, 2.45) is 5.92 Å². The number of rotatable bonds is 6. The van der Waals surface area contributed by atoms with Crippen LogP contribution in [0.25, 0.3) is 10.3 Å². The molecule has 1 amide bonds. The maximum absolute atomic E-state index is 14.0. The highest BCUT2D eigenvalue weighted by atomic mass is 32.2. The molecule has 2 aromatic heterocycles. The number of aromatic nitrogens is 2. The molecule has 12 heteroatoms. The van der Waals surface area contributed by atoms with Gasteiger partial charge in [-0.25, -0.2) is 27.2 Å². The van der Waals surface area contributed by atoms with Crippen LogP contribution in [0.4, 0.5) is 25.3 Å². The first-order valence-corrected chi connectivity index (χ1v) is 14.7. The number of amides is 1. The highest BCUT2D eigenvalue weighted by Gasteiger charge is 2.41. The molecule has 0 radical (unpaired) electrons. The zero-order chi connectivity index (χ0) is 27.4. The van der Waals surface area contributed by atoms with Crippen LogP contribution in [0.2, 0.25) is 0 Å². The summed E-state index contributed by atoms with van der Waals surface area (Å²) in [6.45, 7) is 0. The molecule has 0 bridgehead atoms. The van der Waals surface area contributed by atoms with Crippen LogP contribution in [0.1, 0.15) is 37.2 Å². The van der Waals surface area contributed by atoms with Gasteiger partial charge in [0.25, 0.3) is 0 Å². The van der Waals surface area contributed by atoms with Gasteiger partial charge in [0.2, 0.25) is 27.5 Å². The zero-order valence-electron chi connectivity index (χ0n) is 20.8. The SMILES string of the molecule is COc1ccc2nc(NC(=O)C(CC3CCC(F)(F)C3)c3ccc4c(c3)Nc3ccccc3S4(=O)=O)sc2n1. The first-order valence-electron chi connectivity index (χ1n) is 12.4. The minimum Gasteiger partial charge on any atom is -0.481 e. The van der Waals surface area contributed by atoms with Gasteiger partial charge in [-0.3, -0.25) is 4.79 Å². The summed E-state index contributed by atoms with van der Waals surface area (Å²) in [5.74, 6) is -3.90. The average molecular weight is 571 g/mol. The number of hydrogen-bond donors (Lipinski definition) is 2. The van der Waals surface area contributed by atoms with Gasteiger partial charge < -0.3 is 15.4 Å². The van der Waals surface area contributed by atoms with Crippen molar-refractivity contribution in [3.8, 4) is 5.88 Å². The summed E-state index contributed by atoms with van der Waals surface area (Å²) in [6, 6.07) is 14.7. The number of benzene rings is 2. The summed E-state index contributed by atoms with van der Waals surface area (Å²) < 4.78 is 59.6. The van der Waals surface area contributed by atoms with E-state index in [0.29, 0.717) is 44.7 Å². The van der Waals surface area contributed by atoms with Crippen molar-refractivity contribution >= 4 is 53.9 Å². The van der Waals surface area contributed by atoms with Crippen LogP contribution in [0.5, 0.6) is 5.88 Å². The fourth-order valence-electron chi connectivity index (χ4n) is 5.29. The molecule has 2 unspecified atom stereocenters. The van der Waals surface area contributed by atoms with Crippen LogP contribution >= 0.6 is 11.3 Å². The molecule has 3 heterocycles. The van der Waals surface area contributed by atoms with Gasteiger partial charge in [0.1, 0.15) is 10.3 Å². The summed E-state index contributed by atoms with van der Waals surface area (Å²) in [7, 11) is -2.25. The normalized spacial score (nSPS) is 19.5. The lowest BCUT2D eigenvalue weighted by molar-refractivity contribution is -0.118. The Morgan fingerprint density at radius 3 is 2.72 bits per heavy atom. The number of anilines is 3. The summed E-state index contributed by atoms with van der Waals surface area (Å²) in [6.07, 6.45) is 0.0117. The van der Waals surface area contributed by atoms with Crippen LogP contribution < -0.4 is 15.4 Å². The molecule has 1 aliphatic heterocycles. The minimum atomic E-state index is -3.76. The number of nitrogens with one attached hydrogen (secondary N) is 2. The number of methoxy groups -OCH3 is 1. The number of nitrogens with zero attached hydrogens (tertiary/aromatic N) is 2. The molecule has 0 spiro atoms. The molecule has 6 rings (SSSR count). The van der Waals surface area contributed by atoms with Crippen molar-refractivity contribution < 1.29 is 26.7 Å². The van der Waals surface area contributed by atoms with Gasteiger partial charge in [-0.1, -0.05) is 29.5 Å². The fourth-order valence-corrected chi connectivity index (χ4v) is 7.68. The highest BCUT2D eigenvalue weighted by Crippen LogP contribution is 2.45. The smallest absolute Gasteiger partial charge is 0.248 e. The standard InChI is InChI=1S/C27H24F2N4O4S2/c1-37-23-9-7-19-25(32-23)38-26(31-19)33-24(34)17(12-15-10-11-27(28,29)14-15)16-6-8-22-20(13-16)30-18-4-2-3-5-21(18)39(22,35)36/h2-9,13,15,17,30H,10-12,14H2,1H3,(H,31,33,34). The Balaban J connectivity index is 1.34. The van der Waals surface area contributed by atoms with E-state index in [1.165, 1.54) is 30.6 Å². The number of fused-ring (bicyclic) bond motifs is 3. The minimum absolute atomic E-state index is 0.0997. The topological polar surface area (TPSA) is 110 Å². The van der Waals surface area contributed by atoms with E-state index in [4.69, 9.17) is 4.74 Å². The second-order valence-electron chi connectivity index (χ2n) is 9.82. The van der Waals surface area contributed by atoms with E-state index in [0.717, 1.165) is 0 Å². The third kappa shape index (κ3) is 4.82. The zero-order valence-corrected chi connectivity index (χ0v) is 22.4. The molecular weight excluding hydrogens is 546 g/mol. The second-order valence-corrected chi connectivity index (χ2v) is 12.7. The third-order valence-corrected chi connectivity index (χ3v) is 9.95. The number of hydrogen-bond acceptors (Lipinski definition) is 8. The Hall–Kier alpha value is -3.64. The molecule has 0 saturated heterocycles. The Bertz CT molecular complexity index is 1710. The molecule has 39 heavy (non-hydrogen) atoms. The molecule has 202 valence electrons. The van der Waals surface area contributed by atoms with Crippen LogP contribution in [0.3, 0.4) is 0 Å². The van der Waals surface area contributed by atoms with Crippen molar-refractivity contribution in [2.45, 2.75) is 47.3 Å². The molecule has 1 aliphatic carbocycles. The number of halogens is 2. The largest absolute Gasteiger partial charge is 0.481 e. The number of pyridine rings is 1. The van der Waals surface area contributed by atoms with Gasteiger partial charge in [-0.2, -0.15) is 0 Å². The van der Waals surface area contributed by atoms with E-state index in [2.05, 4.69) is 20.6 Å². The van der Waals surface area contributed by atoms with Crippen molar-refractivity contribution in [2.75, 3.05) is 17.7 Å².